The van der Waals surface area contributed by atoms with Crippen LogP contribution >= 0.6 is 0 Å². The molecule has 0 fully saturated rings. The van der Waals surface area contributed by atoms with Gasteiger partial charge in [-0.15, -0.1) is 0 Å². The molecule has 0 bridgehead atoms. The second-order valence-electron chi connectivity index (χ2n) is 10.8. The van der Waals surface area contributed by atoms with Crippen molar-refractivity contribution in [3.05, 3.63) is 146 Å². The SMILES string of the molecule is c1ccc(-c2ccc(N(c3ccc4c(c3)oc3ccccc34)c3cc4c(ccc5oc6ccccc6c54)cn3)cc2)cc1. The highest BCUT2D eigenvalue weighted by atomic mass is 16.3. The molecule has 202 valence electrons. The molecule has 3 aromatic heterocycles. The van der Waals surface area contributed by atoms with Crippen LogP contribution in [-0.2, 0) is 0 Å². The molecule has 0 amide bonds. The van der Waals surface area contributed by atoms with Gasteiger partial charge in [0.05, 0.1) is 5.69 Å². The monoisotopic (exact) mass is 552 g/mol. The summed E-state index contributed by atoms with van der Waals surface area (Å²) < 4.78 is 12.5. The van der Waals surface area contributed by atoms with Crippen molar-refractivity contribution in [2.45, 2.75) is 0 Å². The highest BCUT2D eigenvalue weighted by molar-refractivity contribution is 6.19. The van der Waals surface area contributed by atoms with Crippen LogP contribution in [0.2, 0.25) is 0 Å². The topological polar surface area (TPSA) is 42.4 Å². The Balaban J connectivity index is 1.27. The van der Waals surface area contributed by atoms with Crippen molar-refractivity contribution in [1.82, 2.24) is 4.98 Å². The van der Waals surface area contributed by atoms with Gasteiger partial charge in [-0.3, -0.25) is 4.90 Å². The average Bonchev–Trinajstić information content (AvgIpc) is 3.64. The Morgan fingerprint density at radius 3 is 1.93 bits per heavy atom. The number of nitrogens with zero attached hydrogens (tertiary/aromatic N) is 2. The molecule has 0 saturated carbocycles. The quantitative estimate of drug-likeness (QED) is 0.218. The number of anilines is 3. The molecule has 0 aliphatic rings. The fourth-order valence-corrected chi connectivity index (χ4v) is 6.25. The van der Waals surface area contributed by atoms with Gasteiger partial charge in [-0.05, 0) is 71.1 Å². The van der Waals surface area contributed by atoms with Gasteiger partial charge in [-0.25, -0.2) is 4.98 Å². The molecule has 0 aliphatic carbocycles. The maximum Gasteiger partial charge on any atom is 0.138 e. The van der Waals surface area contributed by atoms with Crippen LogP contribution in [0.3, 0.4) is 0 Å². The summed E-state index contributed by atoms with van der Waals surface area (Å²) in [7, 11) is 0. The molecule has 0 saturated heterocycles. The third-order valence-electron chi connectivity index (χ3n) is 8.31. The van der Waals surface area contributed by atoms with Crippen molar-refractivity contribution < 1.29 is 8.83 Å². The maximum absolute atomic E-state index is 6.30. The lowest BCUT2D eigenvalue weighted by molar-refractivity contribution is 0.668. The van der Waals surface area contributed by atoms with Crippen LogP contribution in [0.4, 0.5) is 17.2 Å². The van der Waals surface area contributed by atoms with Gasteiger partial charge in [0.15, 0.2) is 0 Å². The lowest BCUT2D eigenvalue weighted by Gasteiger charge is -2.25. The predicted octanol–water partition coefficient (Wildman–Crippen LogP) is 11.2. The summed E-state index contributed by atoms with van der Waals surface area (Å²) in [6.45, 7) is 0. The number of hydrogen-bond acceptors (Lipinski definition) is 4. The molecular formula is C39H24N2O2. The van der Waals surface area contributed by atoms with Crippen LogP contribution in [0.1, 0.15) is 0 Å². The first kappa shape index (κ1) is 23.8. The van der Waals surface area contributed by atoms with Crippen molar-refractivity contribution in [3.63, 3.8) is 0 Å². The van der Waals surface area contributed by atoms with Gasteiger partial charge in [0.1, 0.15) is 28.1 Å². The molecule has 0 spiro atoms. The van der Waals surface area contributed by atoms with E-state index in [2.05, 4.69) is 102 Å². The number of para-hydroxylation sites is 2. The van der Waals surface area contributed by atoms with Crippen LogP contribution in [0.25, 0.3) is 65.8 Å². The van der Waals surface area contributed by atoms with Crippen molar-refractivity contribution in [3.8, 4) is 11.1 Å². The Labute approximate surface area is 247 Å². The lowest BCUT2D eigenvalue weighted by atomic mass is 10.0. The molecule has 6 aromatic carbocycles. The summed E-state index contributed by atoms with van der Waals surface area (Å²) in [6.07, 6.45) is 1.96. The van der Waals surface area contributed by atoms with Gasteiger partial charge >= 0.3 is 0 Å². The number of aromatic nitrogens is 1. The number of benzene rings is 6. The second-order valence-corrected chi connectivity index (χ2v) is 10.8. The molecule has 0 aliphatic heterocycles. The predicted molar refractivity (Wildman–Crippen MR) is 176 cm³/mol. The van der Waals surface area contributed by atoms with E-state index in [0.717, 1.165) is 77.4 Å². The molecule has 4 nitrogen and oxygen atoms in total. The van der Waals surface area contributed by atoms with Crippen LogP contribution < -0.4 is 4.90 Å². The van der Waals surface area contributed by atoms with Gasteiger partial charge in [-0.2, -0.15) is 0 Å². The van der Waals surface area contributed by atoms with Crippen LogP contribution in [-0.4, -0.2) is 4.98 Å². The summed E-state index contributed by atoms with van der Waals surface area (Å²) in [4.78, 5) is 7.20. The minimum Gasteiger partial charge on any atom is -0.456 e. The first-order chi connectivity index (χ1) is 21.3. The van der Waals surface area contributed by atoms with Gasteiger partial charge in [0.2, 0.25) is 0 Å². The van der Waals surface area contributed by atoms with E-state index >= 15 is 0 Å². The Kier molecular flexibility index (Phi) is 5.16. The molecule has 9 rings (SSSR count). The van der Waals surface area contributed by atoms with Gasteiger partial charge < -0.3 is 8.83 Å². The molecule has 3 heterocycles. The highest BCUT2D eigenvalue weighted by Crippen LogP contribution is 2.41. The maximum atomic E-state index is 6.30. The summed E-state index contributed by atoms with van der Waals surface area (Å²) in [5.41, 5.74) is 7.79. The lowest BCUT2D eigenvalue weighted by Crippen LogP contribution is -2.11. The number of hydrogen-bond donors (Lipinski definition) is 0. The standard InChI is InChI=1S/C39H24N2O2/c1-2-8-25(9-3-1)26-14-17-28(18-15-26)41(29-19-20-31-30-10-4-6-12-34(30)43-37(31)22-29)38-23-33-27(24-40-38)16-21-36-39(33)32-11-5-7-13-35(32)42-36/h1-24H. The Morgan fingerprint density at radius 1 is 0.442 bits per heavy atom. The molecule has 0 radical (unpaired) electrons. The first-order valence-corrected chi connectivity index (χ1v) is 14.4. The fraction of sp³-hybridized carbons (Fsp3) is 0. The second kappa shape index (κ2) is 9.33. The molecule has 9 aromatic rings. The van der Waals surface area contributed by atoms with Crippen LogP contribution in [0, 0.1) is 0 Å². The number of fused-ring (bicyclic) bond motifs is 8. The van der Waals surface area contributed by atoms with Crippen molar-refractivity contribution in [2.75, 3.05) is 4.90 Å². The van der Waals surface area contributed by atoms with E-state index in [-0.39, 0.29) is 0 Å². The summed E-state index contributed by atoms with van der Waals surface area (Å²) in [5, 5.41) is 6.57. The summed E-state index contributed by atoms with van der Waals surface area (Å²) >= 11 is 0. The van der Waals surface area contributed by atoms with Gasteiger partial charge in [-0.1, -0.05) is 78.9 Å². The fourth-order valence-electron chi connectivity index (χ4n) is 6.25. The zero-order valence-electron chi connectivity index (χ0n) is 23.1. The zero-order valence-corrected chi connectivity index (χ0v) is 23.1. The summed E-state index contributed by atoms with van der Waals surface area (Å²) in [6, 6.07) is 48.2. The van der Waals surface area contributed by atoms with E-state index in [4.69, 9.17) is 13.8 Å². The minimum absolute atomic E-state index is 0.813. The molecular weight excluding hydrogens is 528 g/mol. The van der Waals surface area contributed by atoms with Crippen molar-refractivity contribution in [1.29, 1.82) is 0 Å². The largest absolute Gasteiger partial charge is 0.456 e. The normalized spacial score (nSPS) is 11.7. The minimum atomic E-state index is 0.813. The Morgan fingerprint density at radius 2 is 1.09 bits per heavy atom. The van der Waals surface area contributed by atoms with Crippen LogP contribution in [0.15, 0.2) is 155 Å². The third kappa shape index (κ3) is 3.81. The van der Waals surface area contributed by atoms with Crippen molar-refractivity contribution >= 4 is 71.8 Å². The highest BCUT2D eigenvalue weighted by Gasteiger charge is 2.19. The molecule has 0 unspecified atom stereocenters. The van der Waals surface area contributed by atoms with E-state index in [1.165, 1.54) is 5.56 Å². The Bertz CT molecular complexity index is 2450. The van der Waals surface area contributed by atoms with Gasteiger partial charge in [0.25, 0.3) is 0 Å². The van der Waals surface area contributed by atoms with Crippen molar-refractivity contribution in [2.24, 2.45) is 0 Å². The van der Waals surface area contributed by atoms with Crippen LogP contribution in [0.5, 0.6) is 0 Å². The molecule has 43 heavy (non-hydrogen) atoms. The smallest absolute Gasteiger partial charge is 0.138 e. The third-order valence-corrected chi connectivity index (χ3v) is 8.31. The zero-order chi connectivity index (χ0) is 28.3. The van der Waals surface area contributed by atoms with E-state index < -0.39 is 0 Å². The number of rotatable bonds is 4. The van der Waals surface area contributed by atoms with Gasteiger partial charge in [0, 0.05) is 44.9 Å². The van der Waals surface area contributed by atoms with E-state index in [0.29, 0.717) is 0 Å². The van der Waals surface area contributed by atoms with E-state index in [9.17, 15) is 0 Å². The van der Waals surface area contributed by atoms with E-state index in [1.54, 1.807) is 0 Å². The molecule has 0 N–H and O–H groups in total. The number of pyridine rings is 1. The molecule has 4 heteroatoms. The molecule has 0 atom stereocenters. The Hall–Kier alpha value is -5.87. The summed E-state index contributed by atoms with van der Waals surface area (Å²) in [5.74, 6) is 0.813. The average molecular weight is 553 g/mol. The number of furan rings is 2. The first-order valence-electron chi connectivity index (χ1n) is 14.4. The van der Waals surface area contributed by atoms with E-state index in [1.807, 2.05) is 48.7 Å².